The molecule has 4 heteroatoms. The van der Waals surface area contributed by atoms with Gasteiger partial charge in [0.15, 0.2) is 0 Å². The minimum absolute atomic E-state index is 0.578. The summed E-state index contributed by atoms with van der Waals surface area (Å²) in [4.78, 5) is 2.05. The van der Waals surface area contributed by atoms with Gasteiger partial charge < -0.3 is 9.47 Å². The van der Waals surface area contributed by atoms with Crippen LogP contribution in [-0.2, 0) is 11.3 Å². The van der Waals surface area contributed by atoms with Crippen molar-refractivity contribution < 1.29 is 9.47 Å². The standard InChI is InChI=1S/C12H18ClNO2/c1-9-5-11(13)6-10(12(9)16-4)7-14(2)8-15-3/h5-6H,7-8H2,1-4H3. The predicted molar refractivity (Wildman–Crippen MR) is 66.1 cm³/mol. The van der Waals surface area contributed by atoms with Gasteiger partial charge in [-0.05, 0) is 31.7 Å². The van der Waals surface area contributed by atoms with Crippen LogP contribution in [0.2, 0.25) is 5.02 Å². The van der Waals surface area contributed by atoms with Crippen molar-refractivity contribution in [2.45, 2.75) is 13.5 Å². The summed E-state index contributed by atoms with van der Waals surface area (Å²) in [6, 6.07) is 3.83. The van der Waals surface area contributed by atoms with Gasteiger partial charge >= 0.3 is 0 Å². The summed E-state index contributed by atoms with van der Waals surface area (Å²) in [5.74, 6) is 0.896. The third-order valence-corrected chi connectivity index (χ3v) is 2.53. The molecule has 16 heavy (non-hydrogen) atoms. The predicted octanol–water partition coefficient (Wildman–Crippen LogP) is 2.69. The molecule has 0 bridgehead atoms. The number of methoxy groups -OCH3 is 2. The first-order valence-corrected chi connectivity index (χ1v) is 5.46. The summed E-state index contributed by atoms with van der Waals surface area (Å²) in [7, 11) is 5.34. The Morgan fingerprint density at radius 3 is 2.56 bits per heavy atom. The Bertz CT molecular complexity index is 355. The maximum Gasteiger partial charge on any atom is 0.126 e. The van der Waals surface area contributed by atoms with Crippen molar-refractivity contribution in [3.8, 4) is 5.75 Å². The molecule has 90 valence electrons. The second-order valence-electron chi connectivity index (χ2n) is 3.85. The lowest BCUT2D eigenvalue weighted by molar-refractivity contribution is 0.0766. The van der Waals surface area contributed by atoms with Crippen LogP contribution in [-0.4, -0.2) is 32.9 Å². The zero-order valence-electron chi connectivity index (χ0n) is 10.2. The van der Waals surface area contributed by atoms with Crippen LogP contribution in [0.25, 0.3) is 0 Å². The largest absolute Gasteiger partial charge is 0.496 e. The van der Waals surface area contributed by atoms with E-state index in [1.165, 1.54) is 0 Å². The molecule has 1 aromatic rings. The molecular formula is C12H18ClNO2. The Morgan fingerprint density at radius 2 is 2.00 bits per heavy atom. The van der Waals surface area contributed by atoms with Gasteiger partial charge in [-0.3, -0.25) is 4.90 Å². The SMILES string of the molecule is COCN(C)Cc1cc(Cl)cc(C)c1OC. The van der Waals surface area contributed by atoms with Crippen LogP contribution >= 0.6 is 11.6 Å². The summed E-state index contributed by atoms with van der Waals surface area (Å²) >= 11 is 6.03. The van der Waals surface area contributed by atoms with Gasteiger partial charge in [0, 0.05) is 24.2 Å². The molecule has 0 aromatic heterocycles. The molecule has 0 saturated heterocycles. The molecule has 0 aliphatic rings. The molecule has 0 heterocycles. The number of hydrogen-bond donors (Lipinski definition) is 0. The smallest absolute Gasteiger partial charge is 0.126 e. The third-order valence-electron chi connectivity index (χ3n) is 2.31. The third kappa shape index (κ3) is 3.37. The van der Waals surface area contributed by atoms with E-state index in [2.05, 4.69) is 0 Å². The molecule has 0 aliphatic carbocycles. The fraction of sp³-hybridized carbons (Fsp3) is 0.500. The van der Waals surface area contributed by atoms with Crippen molar-refractivity contribution in [2.75, 3.05) is 28.0 Å². The van der Waals surface area contributed by atoms with E-state index in [0.29, 0.717) is 6.73 Å². The van der Waals surface area contributed by atoms with Gasteiger partial charge in [-0.15, -0.1) is 0 Å². The highest BCUT2D eigenvalue weighted by molar-refractivity contribution is 6.30. The van der Waals surface area contributed by atoms with Crippen molar-refractivity contribution in [3.63, 3.8) is 0 Å². The average molecular weight is 244 g/mol. The molecule has 3 nitrogen and oxygen atoms in total. The number of aryl methyl sites for hydroxylation is 1. The molecule has 1 aromatic carbocycles. The topological polar surface area (TPSA) is 21.7 Å². The lowest BCUT2D eigenvalue weighted by atomic mass is 10.1. The highest BCUT2D eigenvalue weighted by Crippen LogP contribution is 2.28. The molecule has 0 saturated carbocycles. The summed E-state index contributed by atoms with van der Waals surface area (Å²) in [6.07, 6.45) is 0. The first-order chi connectivity index (χ1) is 7.58. The number of hydrogen-bond acceptors (Lipinski definition) is 3. The van der Waals surface area contributed by atoms with Gasteiger partial charge in [-0.2, -0.15) is 0 Å². The van der Waals surface area contributed by atoms with Gasteiger partial charge in [0.25, 0.3) is 0 Å². The number of benzene rings is 1. The summed E-state index contributed by atoms with van der Waals surface area (Å²) in [5.41, 5.74) is 2.13. The van der Waals surface area contributed by atoms with Gasteiger partial charge in [0.1, 0.15) is 5.75 Å². The van der Waals surface area contributed by atoms with Crippen molar-refractivity contribution in [1.82, 2.24) is 4.90 Å². The fourth-order valence-electron chi connectivity index (χ4n) is 1.77. The summed E-state index contributed by atoms with van der Waals surface area (Å²) in [5, 5.41) is 0.735. The second kappa shape index (κ2) is 6.09. The molecule has 0 amide bonds. The minimum atomic E-state index is 0.578. The molecule has 1 rings (SSSR count). The van der Waals surface area contributed by atoms with Crippen molar-refractivity contribution >= 4 is 11.6 Å². The Balaban J connectivity index is 2.93. The van der Waals surface area contributed by atoms with Crippen LogP contribution in [0.4, 0.5) is 0 Å². The van der Waals surface area contributed by atoms with Crippen molar-refractivity contribution in [2.24, 2.45) is 0 Å². The highest BCUT2D eigenvalue weighted by Gasteiger charge is 2.10. The summed E-state index contributed by atoms with van der Waals surface area (Å²) in [6.45, 7) is 3.32. The highest BCUT2D eigenvalue weighted by atomic mass is 35.5. The Kier molecular flexibility index (Phi) is 5.06. The number of halogens is 1. The van der Waals surface area contributed by atoms with Crippen LogP contribution in [0.5, 0.6) is 5.75 Å². The first kappa shape index (κ1) is 13.3. The van der Waals surface area contributed by atoms with Crippen LogP contribution < -0.4 is 4.74 Å². The van der Waals surface area contributed by atoms with Crippen LogP contribution in [0.1, 0.15) is 11.1 Å². The second-order valence-corrected chi connectivity index (χ2v) is 4.28. The lowest BCUT2D eigenvalue weighted by Gasteiger charge is -2.18. The molecule has 0 aliphatic heterocycles. The van der Waals surface area contributed by atoms with Gasteiger partial charge in [-0.1, -0.05) is 11.6 Å². The Morgan fingerprint density at radius 1 is 1.31 bits per heavy atom. The van der Waals surface area contributed by atoms with Crippen LogP contribution in [0.15, 0.2) is 12.1 Å². The minimum Gasteiger partial charge on any atom is -0.496 e. The maximum atomic E-state index is 6.03. The van der Waals surface area contributed by atoms with Crippen LogP contribution in [0.3, 0.4) is 0 Å². The van der Waals surface area contributed by atoms with Gasteiger partial charge in [-0.25, -0.2) is 0 Å². The average Bonchev–Trinajstić information content (AvgIpc) is 2.17. The van der Waals surface area contributed by atoms with Crippen molar-refractivity contribution in [1.29, 1.82) is 0 Å². The molecule has 0 fully saturated rings. The lowest BCUT2D eigenvalue weighted by Crippen LogP contribution is -2.20. The normalized spacial score (nSPS) is 10.9. The number of ether oxygens (including phenoxy) is 2. The quantitative estimate of drug-likeness (QED) is 0.743. The molecule has 0 spiro atoms. The van der Waals surface area contributed by atoms with Gasteiger partial charge in [0.2, 0.25) is 0 Å². The van der Waals surface area contributed by atoms with E-state index in [0.717, 1.165) is 28.4 Å². The van der Waals surface area contributed by atoms with Crippen LogP contribution in [0, 0.1) is 6.92 Å². The molecule has 0 atom stereocenters. The number of rotatable bonds is 5. The molecular weight excluding hydrogens is 226 g/mol. The van der Waals surface area contributed by atoms with E-state index in [1.807, 2.05) is 31.0 Å². The summed E-state index contributed by atoms with van der Waals surface area (Å²) < 4.78 is 10.4. The van der Waals surface area contributed by atoms with E-state index >= 15 is 0 Å². The van der Waals surface area contributed by atoms with E-state index in [-0.39, 0.29) is 0 Å². The monoisotopic (exact) mass is 243 g/mol. The number of nitrogens with zero attached hydrogens (tertiary/aromatic N) is 1. The van der Waals surface area contributed by atoms with Gasteiger partial charge in [0.05, 0.1) is 13.8 Å². The maximum absolute atomic E-state index is 6.03. The Hall–Kier alpha value is -0.770. The van der Waals surface area contributed by atoms with Crippen molar-refractivity contribution in [3.05, 3.63) is 28.3 Å². The fourth-order valence-corrected chi connectivity index (χ4v) is 2.06. The van der Waals surface area contributed by atoms with E-state index in [9.17, 15) is 0 Å². The first-order valence-electron chi connectivity index (χ1n) is 5.09. The molecule has 0 N–H and O–H groups in total. The zero-order chi connectivity index (χ0) is 12.1. The Labute approximate surface area is 102 Å². The molecule has 0 radical (unpaired) electrons. The van der Waals surface area contributed by atoms with E-state index in [1.54, 1.807) is 14.2 Å². The van der Waals surface area contributed by atoms with E-state index < -0.39 is 0 Å². The van der Waals surface area contributed by atoms with E-state index in [4.69, 9.17) is 21.1 Å². The zero-order valence-corrected chi connectivity index (χ0v) is 11.0. The molecule has 0 unspecified atom stereocenters.